The quantitative estimate of drug-likeness (QED) is 0.545. The molecule has 1 aromatic heterocycles. The van der Waals surface area contributed by atoms with Crippen LogP contribution in [0, 0.1) is 0 Å². The van der Waals surface area contributed by atoms with Crippen molar-refractivity contribution in [2.75, 3.05) is 26.2 Å². The second kappa shape index (κ2) is 10.1. The van der Waals surface area contributed by atoms with Crippen molar-refractivity contribution >= 4 is 22.9 Å². The van der Waals surface area contributed by atoms with Gasteiger partial charge in [-0.2, -0.15) is 5.10 Å². The van der Waals surface area contributed by atoms with Crippen molar-refractivity contribution in [1.82, 2.24) is 25.7 Å². The molecule has 2 heterocycles. The fourth-order valence-corrected chi connectivity index (χ4v) is 3.78. The molecule has 1 saturated heterocycles. The number of hydrogen-bond acceptors (Lipinski definition) is 5. The zero-order valence-corrected chi connectivity index (χ0v) is 17.3. The van der Waals surface area contributed by atoms with Crippen LogP contribution in [0.4, 0.5) is 4.79 Å². The van der Waals surface area contributed by atoms with E-state index in [1.807, 2.05) is 54.6 Å². The fourth-order valence-electron chi connectivity index (χ4n) is 3.78. The van der Waals surface area contributed by atoms with Gasteiger partial charge in [0.15, 0.2) is 5.69 Å². The number of alkyl carbamates (subject to hydrolysis) is 1. The summed E-state index contributed by atoms with van der Waals surface area (Å²) in [4.78, 5) is 26.7. The maximum Gasteiger partial charge on any atom is 0.407 e. The normalized spacial score (nSPS) is 15.0. The number of nitrogens with zero attached hydrogens (tertiary/aromatic N) is 2. The molecule has 2 aromatic carbocycles. The van der Waals surface area contributed by atoms with E-state index in [0.717, 1.165) is 48.9 Å². The molecule has 0 spiro atoms. The van der Waals surface area contributed by atoms with E-state index < -0.39 is 0 Å². The molecule has 4 rings (SSSR count). The number of piperidine rings is 1. The van der Waals surface area contributed by atoms with E-state index in [2.05, 4.69) is 25.7 Å². The molecule has 8 heteroatoms. The van der Waals surface area contributed by atoms with Crippen LogP contribution in [0.1, 0.15) is 28.9 Å². The third-order valence-electron chi connectivity index (χ3n) is 5.52. The van der Waals surface area contributed by atoms with Crippen LogP contribution in [0.3, 0.4) is 0 Å². The van der Waals surface area contributed by atoms with Crippen molar-refractivity contribution in [3.63, 3.8) is 0 Å². The van der Waals surface area contributed by atoms with Crippen molar-refractivity contribution in [2.24, 2.45) is 0 Å². The number of likely N-dealkylation sites (tertiary alicyclic amines) is 1. The molecule has 0 unspecified atom stereocenters. The van der Waals surface area contributed by atoms with Gasteiger partial charge in [-0.1, -0.05) is 48.5 Å². The van der Waals surface area contributed by atoms with Gasteiger partial charge in [0.1, 0.15) is 6.61 Å². The molecule has 162 valence electrons. The molecule has 0 bridgehead atoms. The van der Waals surface area contributed by atoms with E-state index in [4.69, 9.17) is 4.74 Å². The summed E-state index contributed by atoms with van der Waals surface area (Å²) in [5.41, 5.74) is 2.24. The van der Waals surface area contributed by atoms with Crippen LogP contribution in [0.5, 0.6) is 0 Å². The summed E-state index contributed by atoms with van der Waals surface area (Å²) in [5.74, 6) is -0.171. The summed E-state index contributed by atoms with van der Waals surface area (Å²) in [6, 6.07) is 17.3. The van der Waals surface area contributed by atoms with Gasteiger partial charge in [0.2, 0.25) is 0 Å². The third kappa shape index (κ3) is 5.61. The van der Waals surface area contributed by atoms with Gasteiger partial charge in [-0.05, 0) is 24.5 Å². The lowest BCUT2D eigenvalue weighted by Gasteiger charge is -2.32. The predicted molar refractivity (Wildman–Crippen MR) is 118 cm³/mol. The van der Waals surface area contributed by atoms with E-state index in [-0.39, 0.29) is 24.6 Å². The maximum absolute atomic E-state index is 12.4. The number of aromatic nitrogens is 2. The van der Waals surface area contributed by atoms with Gasteiger partial charge in [-0.3, -0.25) is 9.89 Å². The molecular formula is C23H27N5O3. The fraction of sp³-hybridized carbons (Fsp3) is 0.348. The first kappa shape index (κ1) is 20.9. The summed E-state index contributed by atoms with van der Waals surface area (Å²) < 4.78 is 5.30. The van der Waals surface area contributed by atoms with E-state index >= 15 is 0 Å². The van der Waals surface area contributed by atoms with Crippen molar-refractivity contribution in [3.05, 3.63) is 65.9 Å². The number of carbonyl (C=O) groups is 2. The zero-order valence-electron chi connectivity index (χ0n) is 17.3. The smallest absolute Gasteiger partial charge is 0.407 e. The van der Waals surface area contributed by atoms with E-state index in [1.165, 1.54) is 0 Å². The largest absolute Gasteiger partial charge is 0.445 e. The Kier molecular flexibility index (Phi) is 6.78. The first-order valence-corrected chi connectivity index (χ1v) is 10.6. The average molecular weight is 422 g/mol. The summed E-state index contributed by atoms with van der Waals surface area (Å²) in [7, 11) is 0. The number of benzene rings is 2. The highest BCUT2D eigenvalue weighted by Gasteiger charge is 2.21. The molecule has 1 aliphatic rings. The number of H-pyrrole nitrogens is 1. The van der Waals surface area contributed by atoms with Crippen molar-refractivity contribution in [3.8, 4) is 0 Å². The van der Waals surface area contributed by atoms with Gasteiger partial charge in [0.05, 0.1) is 5.52 Å². The number of hydrogen-bond donors (Lipinski definition) is 3. The van der Waals surface area contributed by atoms with Crippen LogP contribution < -0.4 is 10.6 Å². The van der Waals surface area contributed by atoms with E-state index in [0.29, 0.717) is 12.2 Å². The van der Waals surface area contributed by atoms with Gasteiger partial charge in [0.25, 0.3) is 5.91 Å². The number of fused-ring (bicyclic) bond motifs is 1. The second-order valence-corrected chi connectivity index (χ2v) is 7.70. The first-order valence-electron chi connectivity index (χ1n) is 10.6. The molecule has 0 radical (unpaired) electrons. The van der Waals surface area contributed by atoms with Crippen LogP contribution >= 0.6 is 0 Å². The van der Waals surface area contributed by atoms with Crippen LogP contribution in [0.2, 0.25) is 0 Å². The van der Waals surface area contributed by atoms with Gasteiger partial charge in [0, 0.05) is 37.6 Å². The zero-order chi connectivity index (χ0) is 21.5. The Hall–Kier alpha value is -3.39. The highest BCUT2D eigenvalue weighted by Crippen LogP contribution is 2.15. The van der Waals surface area contributed by atoms with Gasteiger partial charge >= 0.3 is 6.09 Å². The predicted octanol–water partition coefficient (Wildman–Crippen LogP) is 2.68. The number of rotatable bonds is 7. The highest BCUT2D eigenvalue weighted by atomic mass is 16.5. The summed E-state index contributed by atoms with van der Waals surface area (Å²) >= 11 is 0. The monoisotopic (exact) mass is 421 g/mol. The van der Waals surface area contributed by atoms with Gasteiger partial charge in [-0.25, -0.2) is 4.79 Å². The summed E-state index contributed by atoms with van der Waals surface area (Å²) in [6.45, 7) is 3.32. The Morgan fingerprint density at radius 2 is 1.81 bits per heavy atom. The van der Waals surface area contributed by atoms with Gasteiger partial charge < -0.3 is 20.3 Å². The Morgan fingerprint density at radius 1 is 1.06 bits per heavy atom. The minimum absolute atomic E-state index is 0.115. The van der Waals surface area contributed by atoms with Crippen molar-refractivity contribution in [1.29, 1.82) is 0 Å². The number of para-hydroxylation sites is 1. The lowest BCUT2D eigenvalue weighted by molar-refractivity contribution is 0.0939. The van der Waals surface area contributed by atoms with Crippen molar-refractivity contribution < 1.29 is 14.3 Å². The molecule has 8 nitrogen and oxygen atoms in total. The lowest BCUT2D eigenvalue weighted by atomic mass is 10.1. The van der Waals surface area contributed by atoms with E-state index in [1.54, 1.807) is 0 Å². The minimum Gasteiger partial charge on any atom is -0.445 e. The Labute approximate surface area is 181 Å². The SMILES string of the molecule is O=C(NC1CCN(CCNC(=O)c2n[nH]c3ccccc23)CC1)OCc1ccccc1. The lowest BCUT2D eigenvalue weighted by Crippen LogP contribution is -2.46. The molecular weight excluding hydrogens is 394 g/mol. The molecule has 1 aliphatic heterocycles. The molecule has 3 N–H and O–H groups in total. The van der Waals surface area contributed by atoms with Gasteiger partial charge in [-0.15, -0.1) is 0 Å². The second-order valence-electron chi connectivity index (χ2n) is 7.70. The number of nitrogens with one attached hydrogen (secondary N) is 3. The summed E-state index contributed by atoms with van der Waals surface area (Å²) in [6.07, 6.45) is 1.34. The summed E-state index contributed by atoms with van der Waals surface area (Å²) in [5, 5.41) is 13.7. The van der Waals surface area contributed by atoms with Crippen molar-refractivity contribution in [2.45, 2.75) is 25.5 Å². The third-order valence-corrected chi connectivity index (χ3v) is 5.52. The number of ether oxygens (including phenoxy) is 1. The van der Waals surface area contributed by atoms with Crippen LogP contribution in [-0.2, 0) is 11.3 Å². The molecule has 1 fully saturated rings. The average Bonchev–Trinajstić information content (AvgIpc) is 3.24. The Bertz CT molecular complexity index is 1010. The first-order chi connectivity index (χ1) is 15.2. The molecule has 0 saturated carbocycles. The maximum atomic E-state index is 12.4. The van der Waals surface area contributed by atoms with Crippen LogP contribution in [0.25, 0.3) is 10.9 Å². The number of carbonyl (C=O) groups excluding carboxylic acids is 2. The molecule has 0 atom stereocenters. The number of aromatic amines is 1. The minimum atomic E-state index is -0.374. The molecule has 3 aromatic rings. The van der Waals surface area contributed by atoms with E-state index in [9.17, 15) is 9.59 Å². The molecule has 31 heavy (non-hydrogen) atoms. The highest BCUT2D eigenvalue weighted by molar-refractivity contribution is 6.04. The van der Waals surface area contributed by atoms with Crippen LogP contribution in [0.15, 0.2) is 54.6 Å². The topological polar surface area (TPSA) is 99.4 Å². The Balaban J connectivity index is 1.13. The Morgan fingerprint density at radius 3 is 2.61 bits per heavy atom. The standard InChI is InChI=1S/C23H27N5O3/c29-22(21-19-8-4-5-9-20(19)26-27-21)24-12-15-28-13-10-18(11-14-28)25-23(30)31-16-17-6-2-1-3-7-17/h1-9,18H,10-16H2,(H,24,29)(H,25,30)(H,26,27). The molecule has 0 aliphatic carbocycles. The molecule has 2 amide bonds. The number of amides is 2. The van der Waals surface area contributed by atoms with Crippen LogP contribution in [-0.4, -0.2) is 59.3 Å².